The molecule has 2 aliphatic rings. The molecule has 2 aliphatic heterocycles. The number of aryl methyl sites for hydroxylation is 1. The van der Waals surface area contributed by atoms with Crippen LogP contribution in [0.5, 0.6) is 0 Å². The number of nitrogens with zero attached hydrogens (tertiary/aromatic N) is 2. The fraction of sp³-hybridized carbons (Fsp3) is 0.571. The summed E-state index contributed by atoms with van der Waals surface area (Å²) in [5, 5.41) is 0. The second-order valence-corrected chi connectivity index (χ2v) is 7.76. The standard InChI is InChI=1S/C21H28N2O3/c1-17-5-6-19(26-17)13-23-10-7-21(8-11-23)12-20(25-16-21)15-24-14-18-4-2-3-9-22-18/h2-6,9,20H,7-8,10-16H2,1H3. The topological polar surface area (TPSA) is 47.7 Å². The van der Waals surface area contributed by atoms with E-state index in [1.165, 1.54) is 12.8 Å². The zero-order chi connectivity index (χ0) is 17.8. The average Bonchev–Trinajstić information content (AvgIpc) is 3.25. The molecule has 1 atom stereocenters. The summed E-state index contributed by atoms with van der Waals surface area (Å²) in [6.07, 6.45) is 5.53. The molecule has 0 radical (unpaired) electrons. The minimum atomic E-state index is 0.220. The van der Waals surface area contributed by atoms with E-state index in [0.717, 1.165) is 49.9 Å². The highest BCUT2D eigenvalue weighted by atomic mass is 16.5. The maximum Gasteiger partial charge on any atom is 0.118 e. The summed E-state index contributed by atoms with van der Waals surface area (Å²) in [6.45, 7) is 7.24. The van der Waals surface area contributed by atoms with Crippen molar-refractivity contribution >= 4 is 0 Å². The molecule has 0 aromatic carbocycles. The molecule has 2 fully saturated rings. The third kappa shape index (κ3) is 4.34. The Morgan fingerprint density at radius 2 is 2.12 bits per heavy atom. The Morgan fingerprint density at radius 1 is 1.23 bits per heavy atom. The SMILES string of the molecule is Cc1ccc(CN2CCC3(CC2)COC(COCc2ccccn2)C3)o1. The van der Waals surface area contributed by atoms with E-state index in [2.05, 4.69) is 16.0 Å². The van der Waals surface area contributed by atoms with Crippen LogP contribution in [-0.4, -0.2) is 42.3 Å². The van der Waals surface area contributed by atoms with E-state index in [1.807, 2.05) is 31.2 Å². The molecule has 5 heteroatoms. The summed E-state index contributed by atoms with van der Waals surface area (Å²) in [6, 6.07) is 10.0. The number of piperidine rings is 1. The zero-order valence-electron chi connectivity index (χ0n) is 15.5. The minimum Gasteiger partial charge on any atom is -0.465 e. The van der Waals surface area contributed by atoms with Crippen molar-refractivity contribution in [2.45, 2.75) is 45.4 Å². The fourth-order valence-electron chi connectivity index (χ4n) is 4.11. The van der Waals surface area contributed by atoms with Crippen LogP contribution in [0.4, 0.5) is 0 Å². The Bertz CT molecular complexity index is 692. The molecule has 0 saturated carbocycles. The molecule has 0 N–H and O–H groups in total. The number of likely N-dealkylation sites (tertiary alicyclic amines) is 1. The molecule has 1 unspecified atom stereocenters. The summed E-state index contributed by atoms with van der Waals surface area (Å²) in [5.74, 6) is 2.06. The maximum absolute atomic E-state index is 6.06. The van der Waals surface area contributed by atoms with Crippen molar-refractivity contribution in [1.29, 1.82) is 0 Å². The van der Waals surface area contributed by atoms with Crippen molar-refractivity contribution in [2.75, 3.05) is 26.3 Å². The molecular weight excluding hydrogens is 328 g/mol. The number of ether oxygens (including phenoxy) is 2. The maximum atomic E-state index is 6.06. The molecular formula is C21H28N2O3. The minimum absolute atomic E-state index is 0.220. The monoisotopic (exact) mass is 356 g/mol. The van der Waals surface area contributed by atoms with Gasteiger partial charge in [0.1, 0.15) is 11.5 Å². The van der Waals surface area contributed by atoms with Crippen LogP contribution >= 0.6 is 0 Å². The van der Waals surface area contributed by atoms with Crippen LogP contribution in [0.15, 0.2) is 40.9 Å². The van der Waals surface area contributed by atoms with Gasteiger partial charge in [0, 0.05) is 6.20 Å². The van der Waals surface area contributed by atoms with Crippen LogP contribution < -0.4 is 0 Å². The van der Waals surface area contributed by atoms with Crippen molar-refractivity contribution < 1.29 is 13.9 Å². The number of hydrogen-bond acceptors (Lipinski definition) is 5. The smallest absolute Gasteiger partial charge is 0.118 e. The van der Waals surface area contributed by atoms with E-state index < -0.39 is 0 Å². The van der Waals surface area contributed by atoms with Gasteiger partial charge in [-0.2, -0.15) is 0 Å². The molecule has 0 amide bonds. The number of rotatable bonds is 6. The number of aromatic nitrogens is 1. The number of pyridine rings is 1. The lowest BCUT2D eigenvalue weighted by Gasteiger charge is -2.38. The van der Waals surface area contributed by atoms with Crippen molar-refractivity contribution in [3.05, 3.63) is 53.7 Å². The molecule has 0 bridgehead atoms. The Balaban J connectivity index is 1.20. The molecule has 140 valence electrons. The Hall–Kier alpha value is -1.69. The molecule has 2 aromatic heterocycles. The van der Waals surface area contributed by atoms with Gasteiger partial charge in [0.2, 0.25) is 0 Å². The largest absolute Gasteiger partial charge is 0.465 e. The lowest BCUT2D eigenvalue weighted by atomic mass is 9.76. The fourth-order valence-corrected chi connectivity index (χ4v) is 4.11. The van der Waals surface area contributed by atoms with Gasteiger partial charge in [-0.3, -0.25) is 9.88 Å². The highest BCUT2D eigenvalue weighted by Crippen LogP contribution is 2.42. The van der Waals surface area contributed by atoms with Crippen LogP contribution in [0, 0.1) is 12.3 Å². The first-order valence-electron chi connectivity index (χ1n) is 9.58. The molecule has 4 heterocycles. The number of hydrogen-bond donors (Lipinski definition) is 0. The molecule has 0 aliphatic carbocycles. The lowest BCUT2D eigenvalue weighted by Crippen LogP contribution is -2.40. The van der Waals surface area contributed by atoms with E-state index in [-0.39, 0.29) is 6.10 Å². The summed E-state index contributed by atoms with van der Waals surface area (Å²) in [4.78, 5) is 6.79. The van der Waals surface area contributed by atoms with Gasteiger partial charge in [-0.05, 0) is 69.0 Å². The molecule has 4 rings (SSSR count). The summed E-state index contributed by atoms with van der Waals surface area (Å²) < 4.78 is 17.6. The van der Waals surface area contributed by atoms with Gasteiger partial charge in [-0.25, -0.2) is 0 Å². The Morgan fingerprint density at radius 3 is 2.85 bits per heavy atom. The molecule has 1 spiro atoms. The summed E-state index contributed by atoms with van der Waals surface area (Å²) in [7, 11) is 0. The highest BCUT2D eigenvalue weighted by Gasteiger charge is 2.42. The second kappa shape index (κ2) is 7.91. The van der Waals surface area contributed by atoms with E-state index >= 15 is 0 Å². The predicted molar refractivity (Wildman–Crippen MR) is 98.6 cm³/mol. The Kier molecular flexibility index (Phi) is 5.38. The van der Waals surface area contributed by atoms with Crippen molar-refractivity contribution in [1.82, 2.24) is 9.88 Å². The van der Waals surface area contributed by atoms with Gasteiger partial charge in [0.05, 0.1) is 38.2 Å². The van der Waals surface area contributed by atoms with Gasteiger partial charge in [0.15, 0.2) is 0 Å². The van der Waals surface area contributed by atoms with E-state index in [1.54, 1.807) is 6.20 Å². The van der Waals surface area contributed by atoms with Crippen LogP contribution in [0.1, 0.15) is 36.5 Å². The van der Waals surface area contributed by atoms with Crippen molar-refractivity contribution in [3.63, 3.8) is 0 Å². The normalized spacial score (nSPS) is 22.9. The van der Waals surface area contributed by atoms with Crippen LogP contribution in [0.3, 0.4) is 0 Å². The lowest BCUT2D eigenvalue weighted by molar-refractivity contribution is 0.00544. The summed E-state index contributed by atoms with van der Waals surface area (Å²) >= 11 is 0. The van der Waals surface area contributed by atoms with Gasteiger partial charge < -0.3 is 13.9 Å². The quantitative estimate of drug-likeness (QED) is 0.792. The zero-order valence-corrected chi connectivity index (χ0v) is 15.5. The first kappa shape index (κ1) is 17.7. The third-order valence-electron chi connectivity index (χ3n) is 5.66. The van der Waals surface area contributed by atoms with E-state index in [4.69, 9.17) is 13.9 Å². The summed E-state index contributed by atoms with van der Waals surface area (Å²) in [5.41, 5.74) is 1.32. The molecule has 2 aromatic rings. The second-order valence-electron chi connectivity index (χ2n) is 7.76. The van der Waals surface area contributed by atoms with Crippen LogP contribution in [0.25, 0.3) is 0 Å². The van der Waals surface area contributed by atoms with E-state index in [0.29, 0.717) is 18.6 Å². The Labute approximate surface area is 155 Å². The molecule has 2 saturated heterocycles. The molecule has 26 heavy (non-hydrogen) atoms. The van der Waals surface area contributed by atoms with Gasteiger partial charge in [-0.1, -0.05) is 6.07 Å². The van der Waals surface area contributed by atoms with Gasteiger partial charge in [-0.15, -0.1) is 0 Å². The van der Waals surface area contributed by atoms with Crippen molar-refractivity contribution in [2.24, 2.45) is 5.41 Å². The number of furan rings is 1. The average molecular weight is 356 g/mol. The van der Waals surface area contributed by atoms with Crippen LogP contribution in [0.2, 0.25) is 0 Å². The molecule has 5 nitrogen and oxygen atoms in total. The third-order valence-corrected chi connectivity index (χ3v) is 5.66. The van der Waals surface area contributed by atoms with Gasteiger partial charge in [0.25, 0.3) is 0 Å². The van der Waals surface area contributed by atoms with Crippen LogP contribution in [-0.2, 0) is 22.6 Å². The highest BCUT2D eigenvalue weighted by molar-refractivity contribution is 5.06. The van der Waals surface area contributed by atoms with E-state index in [9.17, 15) is 0 Å². The first-order valence-corrected chi connectivity index (χ1v) is 9.58. The van der Waals surface area contributed by atoms with Gasteiger partial charge >= 0.3 is 0 Å². The van der Waals surface area contributed by atoms with Crippen molar-refractivity contribution in [3.8, 4) is 0 Å². The first-order chi connectivity index (χ1) is 12.7. The predicted octanol–water partition coefficient (Wildman–Crippen LogP) is 3.57.